The number of hydrogen-bond donors (Lipinski definition) is 6. The number of aliphatic hydroxyl groups excluding tert-OH is 1. The second-order valence-corrected chi connectivity index (χ2v) is 8.70. The molecule has 0 bridgehead atoms. The van der Waals surface area contributed by atoms with E-state index >= 15 is 0 Å². The Kier molecular flexibility index (Phi) is 6.13. The number of carboxylic acid groups (broad SMARTS) is 1. The van der Waals surface area contributed by atoms with Crippen LogP contribution in [0.2, 0.25) is 0 Å². The second-order valence-electron chi connectivity index (χ2n) is 8.70. The van der Waals surface area contributed by atoms with E-state index < -0.39 is 17.7 Å². The monoisotopic (exact) mass is 485 g/mol. The Morgan fingerprint density at radius 2 is 1.94 bits per heavy atom. The molecule has 4 atom stereocenters. The molecular formula is C23H27N5O7. The van der Waals surface area contributed by atoms with Crippen molar-refractivity contribution in [3.63, 3.8) is 0 Å². The molecule has 3 aliphatic heterocycles. The Labute approximate surface area is 200 Å². The van der Waals surface area contributed by atoms with Crippen LogP contribution >= 0.6 is 0 Å². The fourth-order valence-corrected chi connectivity index (χ4v) is 5.32. The van der Waals surface area contributed by atoms with Gasteiger partial charge < -0.3 is 41.5 Å². The highest BCUT2D eigenvalue weighted by Gasteiger charge is 2.72. The lowest BCUT2D eigenvalue weighted by atomic mass is 9.82. The minimum Gasteiger partial charge on any atom is -0.465 e. The van der Waals surface area contributed by atoms with E-state index in [9.17, 15) is 19.5 Å². The molecule has 2 saturated heterocycles. The molecule has 2 amide bonds. The number of nitrogens with zero attached hydrogens (tertiary/aromatic N) is 1. The number of anilines is 2. The van der Waals surface area contributed by atoms with E-state index in [1.165, 1.54) is 6.92 Å². The number of aliphatic hydroxyl groups is 1. The zero-order chi connectivity index (χ0) is 25.7. The number of piperazine rings is 1. The predicted octanol–water partition coefficient (Wildman–Crippen LogP) is -0.0193. The molecule has 1 aromatic carbocycles. The van der Waals surface area contributed by atoms with Gasteiger partial charge in [-0.3, -0.25) is 14.4 Å². The minimum atomic E-state index is -1.33. The molecule has 4 aliphatic rings. The molecule has 12 nitrogen and oxygen atoms in total. The Hall–Kier alpha value is -3.74. The van der Waals surface area contributed by atoms with Gasteiger partial charge in [0, 0.05) is 49.1 Å². The molecule has 12 heteroatoms. The highest BCUT2D eigenvalue weighted by molar-refractivity contribution is 6.26. The number of nitrogens with two attached hydrogens (primary N) is 1. The van der Waals surface area contributed by atoms with E-state index in [1.807, 2.05) is 4.90 Å². The number of benzene rings is 1. The number of primary amides is 1. The van der Waals surface area contributed by atoms with Crippen LogP contribution in [0.4, 0.5) is 16.2 Å². The summed E-state index contributed by atoms with van der Waals surface area (Å²) in [5.41, 5.74) is 5.36. The number of amides is 2. The largest absolute Gasteiger partial charge is 0.465 e. The van der Waals surface area contributed by atoms with Crippen molar-refractivity contribution in [2.75, 3.05) is 30.9 Å². The van der Waals surface area contributed by atoms with E-state index in [-0.39, 0.29) is 41.9 Å². The van der Waals surface area contributed by atoms with Crippen LogP contribution in [0.5, 0.6) is 0 Å². The van der Waals surface area contributed by atoms with Crippen LogP contribution in [0.15, 0.2) is 46.8 Å². The number of ketones is 2. The first-order valence-corrected chi connectivity index (χ1v) is 10.9. The molecule has 4 unspecified atom stereocenters. The molecule has 186 valence electrons. The van der Waals surface area contributed by atoms with E-state index in [2.05, 4.69) is 21.7 Å². The third kappa shape index (κ3) is 3.85. The first-order chi connectivity index (χ1) is 16.6. The number of ether oxygens (including phenoxy) is 1. The fourth-order valence-electron chi connectivity index (χ4n) is 5.32. The molecule has 2 fully saturated rings. The molecule has 7 N–H and O–H groups in total. The minimum absolute atomic E-state index is 0.0353. The summed E-state index contributed by atoms with van der Waals surface area (Å²) in [5, 5.41) is 26.5. The maximum atomic E-state index is 13.6. The van der Waals surface area contributed by atoms with E-state index in [0.29, 0.717) is 34.8 Å². The summed E-state index contributed by atoms with van der Waals surface area (Å²) in [4.78, 5) is 49.0. The number of allylic oxidation sites excluding steroid dienone is 2. The maximum absolute atomic E-state index is 13.6. The standard InChI is InChI=1S/C22H24N4O5.CH3NO2/c1-10-17(24-13-6-4-5-12(7-13)23-11(2)28)20(30)16-14(9-27)22(31-3)21-15(25-21)8-26(22)18(16)19(10)29;2-1(3)4/h4-7,14-15,21,24-25,27H,8-9H2,1-3H3,(H,23,28);2H2,(H,3,4). The van der Waals surface area contributed by atoms with Gasteiger partial charge in [0.15, 0.2) is 5.72 Å². The molecule has 3 heterocycles. The highest BCUT2D eigenvalue weighted by atomic mass is 16.5. The maximum Gasteiger partial charge on any atom is 0.402 e. The summed E-state index contributed by atoms with van der Waals surface area (Å²) in [5.74, 6) is -1.40. The van der Waals surface area contributed by atoms with Crippen molar-refractivity contribution >= 4 is 34.9 Å². The van der Waals surface area contributed by atoms with Gasteiger partial charge in [-0.05, 0) is 25.1 Å². The molecule has 1 aliphatic carbocycles. The SMILES string of the molecule is COC12C(CO)C3=C(C(=O)C(C)=C(Nc4cccc(NC(C)=O)c4)C3=O)N1CC1NC12.NC(=O)O. The first-order valence-electron chi connectivity index (χ1n) is 10.9. The molecule has 5 rings (SSSR count). The van der Waals surface area contributed by atoms with Crippen molar-refractivity contribution < 1.29 is 34.1 Å². The van der Waals surface area contributed by atoms with Crippen LogP contribution in [-0.4, -0.2) is 76.7 Å². The Morgan fingerprint density at radius 1 is 1.29 bits per heavy atom. The Morgan fingerprint density at radius 3 is 2.54 bits per heavy atom. The van der Waals surface area contributed by atoms with Crippen LogP contribution in [0.3, 0.4) is 0 Å². The van der Waals surface area contributed by atoms with Crippen LogP contribution in [0.25, 0.3) is 0 Å². The highest BCUT2D eigenvalue weighted by Crippen LogP contribution is 2.55. The molecule has 0 radical (unpaired) electrons. The Balaban J connectivity index is 0.000000672. The van der Waals surface area contributed by atoms with E-state index in [1.54, 1.807) is 38.3 Å². The molecule has 1 aromatic rings. The quantitative estimate of drug-likeness (QED) is 0.244. The van der Waals surface area contributed by atoms with Gasteiger partial charge in [-0.25, -0.2) is 4.79 Å². The normalized spacial score (nSPS) is 28.1. The average Bonchev–Trinajstić information content (AvgIpc) is 3.40. The van der Waals surface area contributed by atoms with Crippen molar-refractivity contribution in [3.05, 3.63) is 46.8 Å². The van der Waals surface area contributed by atoms with E-state index in [0.717, 1.165) is 0 Å². The zero-order valence-corrected chi connectivity index (χ0v) is 19.4. The average molecular weight is 485 g/mol. The topological polar surface area (TPSA) is 193 Å². The third-order valence-corrected chi connectivity index (χ3v) is 6.67. The molecule has 35 heavy (non-hydrogen) atoms. The number of methoxy groups -OCH3 is 1. The third-order valence-electron chi connectivity index (χ3n) is 6.67. The van der Waals surface area contributed by atoms with Gasteiger partial charge in [0.25, 0.3) is 0 Å². The lowest BCUT2D eigenvalue weighted by molar-refractivity contribution is -0.137. The van der Waals surface area contributed by atoms with Gasteiger partial charge in [-0.15, -0.1) is 0 Å². The van der Waals surface area contributed by atoms with Crippen molar-refractivity contribution in [2.24, 2.45) is 11.7 Å². The van der Waals surface area contributed by atoms with E-state index in [4.69, 9.17) is 14.6 Å². The summed E-state index contributed by atoms with van der Waals surface area (Å²) >= 11 is 0. The summed E-state index contributed by atoms with van der Waals surface area (Å²) in [6.45, 7) is 3.29. The zero-order valence-electron chi connectivity index (χ0n) is 19.4. The van der Waals surface area contributed by atoms with Gasteiger partial charge in [-0.1, -0.05) is 6.07 Å². The summed E-state index contributed by atoms with van der Waals surface area (Å²) in [7, 11) is 1.55. The summed E-state index contributed by atoms with van der Waals surface area (Å²) in [6.07, 6.45) is -1.33. The van der Waals surface area contributed by atoms with Gasteiger partial charge in [0.2, 0.25) is 17.5 Å². The number of carbonyl (C=O) groups excluding carboxylic acids is 3. The molecular weight excluding hydrogens is 458 g/mol. The van der Waals surface area contributed by atoms with Gasteiger partial charge in [-0.2, -0.15) is 0 Å². The van der Waals surface area contributed by atoms with Gasteiger partial charge in [0.05, 0.1) is 30.0 Å². The fraction of sp³-hybridized carbons (Fsp3) is 0.391. The van der Waals surface area contributed by atoms with Crippen LogP contribution in [0.1, 0.15) is 13.8 Å². The van der Waals surface area contributed by atoms with Crippen LogP contribution in [-0.2, 0) is 19.1 Å². The lowest BCUT2D eigenvalue weighted by Crippen LogP contribution is -2.54. The number of fused-ring (bicyclic) bond motifs is 4. The molecule has 0 saturated carbocycles. The van der Waals surface area contributed by atoms with Crippen LogP contribution < -0.4 is 21.7 Å². The van der Waals surface area contributed by atoms with Gasteiger partial charge >= 0.3 is 6.09 Å². The number of nitrogens with one attached hydrogen (secondary N) is 3. The smallest absolute Gasteiger partial charge is 0.402 e. The number of rotatable bonds is 5. The summed E-state index contributed by atoms with van der Waals surface area (Å²) < 4.78 is 5.89. The second kappa shape index (κ2) is 8.80. The number of Topliss-reactive ketones (excluding diaryl/α,β-unsaturated/α-hetero) is 2. The Bertz CT molecular complexity index is 1190. The molecule has 0 spiro atoms. The van der Waals surface area contributed by atoms with Crippen LogP contribution in [0, 0.1) is 5.92 Å². The lowest BCUT2D eigenvalue weighted by Gasteiger charge is -2.39. The van der Waals surface area contributed by atoms with Crippen molar-refractivity contribution in [1.82, 2.24) is 10.2 Å². The van der Waals surface area contributed by atoms with Crippen molar-refractivity contribution in [1.29, 1.82) is 0 Å². The summed E-state index contributed by atoms with van der Waals surface area (Å²) in [6, 6.07) is 7.06. The number of hydrogen-bond acceptors (Lipinski definition) is 9. The van der Waals surface area contributed by atoms with Gasteiger partial charge in [0.1, 0.15) is 0 Å². The van der Waals surface area contributed by atoms with Crippen molar-refractivity contribution in [3.8, 4) is 0 Å². The van der Waals surface area contributed by atoms with Crippen molar-refractivity contribution in [2.45, 2.75) is 31.7 Å². The first kappa shape index (κ1) is 24.4. The molecule has 0 aromatic heterocycles. The number of carbonyl (C=O) groups is 4. The predicted molar refractivity (Wildman–Crippen MR) is 124 cm³/mol.